The van der Waals surface area contributed by atoms with Crippen molar-refractivity contribution in [1.29, 1.82) is 0 Å². The summed E-state index contributed by atoms with van der Waals surface area (Å²) < 4.78 is 1.52. The van der Waals surface area contributed by atoms with Crippen LogP contribution in [0.3, 0.4) is 0 Å². The van der Waals surface area contributed by atoms with E-state index in [-0.39, 0.29) is 17.1 Å². The zero-order valence-electron chi connectivity index (χ0n) is 14.8. The van der Waals surface area contributed by atoms with Crippen molar-refractivity contribution in [3.63, 3.8) is 0 Å². The van der Waals surface area contributed by atoms with Gasteiger partial charge in [0.1, 0.15) is 5.78 Å². The van der Waals surface area contributed by atoms with Crippen molar-refractivity contribution >= 4 is 40.0 Å². The number of Topliss-reactive ketones (excluding diaryl/α,β-unsaturated/α-hetero) is 1. The molecule has 6 heteroatoms. The summed E-state index contributed by atoms with van der Waals surface area (Å²) >= 11 is 7.38. The summed E-state index contributed by atoms with van der Waals surface area (Å²) in [6, 6.07) is 14.3. The SMILES string of the molecule is CC(C)(C)C(=O)CSc1nc2ccccc2c(=O)n1-c1cccc(Cl)c1. The molecule has 0 aliphatic heterocycles. The molecule has 0 spiro atoms. The molecule has 0 amide bonds. The number of hydrogen-bond acceptors (Lipinski definition) is 4. The monoisotopic (exact) mass is 386 g/mol. The van der Waals surface area contributed by atoms with Gasteiger partial charge in [-0.25, -0.2) is 4.98 Å². The summed E-state index contributed by atoms with van der Waals surface area (Å²) in [6.07, 6.45) is 0. The number of carbonyl (C=O) groups is 1. The summed E-state index contributed by atoms with van der Waals surface area (Å²) in [4.78, 5) is 30.0. The lowest BCUT2D eigenvalue weighted by atomic mass is 9.92. The van der Waals surface area contributed by atoms with E-state index in [1.807, 2.05) is 32.9 Å². The zero-order chi connectivity index (χ0) is 18.9. The predicted molar refractivity (Wildman–Crippen MR) is 108 cm³/mol. The molecule has 0 fully saturated rings. The lowest BCUT2D eigenvalue weighted by molar-refractivity contribution is -0.123. The minimum atomic E-state index is -0.439. The second-order valence-corrected chi connectivity index (χ2v) is 8.37. The van der Waals surface area contributed by atoms with Crippen LogP contribution in [0.15, 0.2) is 58.5 Å². The molecule has 0 bridgehead atoms. The molecular formula is C20H19ClN2O2S. The summed E-state index contributed by atoms with van der Waals surface area (Å²) in [7, 11) is 0. The van der Waals surface area contributed by atoms with Crippen molar-refractivity contribution < 1.29 is 4.79 Å². The molecule has 0 unspecified atom stereocenters. The lowest BCUT2D eigenvalue weighted by Crippen LogP contribution is -2.24. The van der Waals surface area contributed by atoms with Crippen molar-refractivity contribution in [2.24, 2.45) is 5.41 Å². The van der Waals surface area contributed by atoms with Crippen LogP contribution in [0.25, 0.3) is 16.6 Å². The summed E-state index contributed by atoms with van der Waals surface area (Å²) in [5.74, 6) is 0.344. The molecule has 2 aromatic carbocycles. The normalized spacial score (nSPS) is 11.7. The van der Waals surface area contributed by atoms with E-state index in [0.29, 0.717) is 26.8 Å². The average Bonchev–Trinajstić information content (AvgIpc) is 2.59. The van der Waals surface area contributed by atoms with E-state index in [9.17, 15) is 9.59 Å². The number of fused-ring (bicyclic) bond motifs is 1. The number of rotatable bonds is 4. The van der Waals surface area contributed by atoms with Crippen LogP contribution in [0.4, 0.5) is 0 Å². The van der Waals surface area contributed by atoms with Gasteiger partial charge >= 0.3 is 0 Å². The topological polar surface area (TPSA) is 52.0 Å². The Morgan fingerprint density at radius 2 is 1.88 bits per heavy atom. The van der Waals surface area contributed by atoms with Crippen molar-refractivity contribution in [3.8, 4) is 5.69 Å². The third-order valence-corrected chi connectivity index (χ3v) is 5.15. The Morgan fingerprint density at radius 3 is 2.58 bits per heavy atom. The van der Waals surface area contributed by atoms with Crippen molar-refractivity contribution in [3.05, 3.63) is 63.9 Å². The molecule has 0 atom stereocenters. The first-order chi connectivity index (χ1) is 12.3. The number of carbonyl (C=O) groups excluding carboxylic acids is 1. The van der Waals surface area contributed by atoms with Gasteiger partial charge in [0.2, 0.25) is 0 Å². The molecule has 134 valence electrons. The van der Waals surface area contributed by atoms with Crippen LogP contribution in [-0.4, -0.2) is 21.1 Å². The molecule has 0 aliphatic rings. The van der Waals surface area contributed by atoms with Gasteiger partial charge in [-0.15, -0.1) is 0 Å². The molecule has 1 heterocycles. The Kier molecular flexibility index (Phi) is 5.21. The van der Waals surface area contributed by atoms with Gasteiger partial charge in [-0.1, -0.05) is 62.3 Å². The smallest absolute Gasteiger partial charge is 0.266 e. The van der Waals surface area contributed by atoms with E-state index in [4.69, 9.17) is 11.6 Å². The molecule has 1 aromatic heterocycles. The quantitative estimate of drug-likeness (QED) is 0.479. The maximum Gasteiger partial charge on any atom is 0.266 e. The van der Waals surface area contributed by atoms with Crippen LogP contribution in [0.2, 0.25) is 5.02 Å². The number of hydrogen-bond donors (Lipinski definition) is 0. The van der Waals surface area contributed by atoms with E-state index < -0.39 is 5.41 Å². The minimum absolute atomic E-state index is 0.0996. The highest BCUT2D eigenvalue weighted by atomic mass is 35.5. The van der Waals surface area contributed by atoms with Crippen LogP contribution in [0, 0.1) is 5.41 Å². The fourth-order valence-corrected chi connectivity index (χ4v) is 3.76. The molecular weight excluding hydrogens is 368 g/mol. The molecule has 0 radical (unpaired) electrons. The zero-order valence-corrected chi connectivity index (χ0v) is 16.4. The molecule has 0 N–H and O–H groups in total. The number of ketones is 1. The summed E-state index contributed by atoms with van der Waals surface area (Å²) in [5.41, 5.74) is 0.627. The highest BCUT2D eigenvalue weighted by molar-refractivity contribution is 7.99. The van der Waals surface area contributed by atoms with Crippen LogP contribution in [0.5, 0.6) is 0 Å². The standard InChI is InChI=1S/C20H19ClN2O2S/c1-20(2,3)17(24)12-26-19-22-16-10-5-4-9-15(16)18(25)23(19)14-8-6-7-13(21)11-14/h4-11H,12H2,1-3H3. The Morgan fingerprint density at radius 1 is 1.15 bits per heavy atom. The van der Waals surface area contributed by atoms with Crippen LogP contribution < -0.4 is 5.56 Å². The van der Waals surface area contributed by atoms with Gasteiger partial charge in [-0.2, -0.15) is 0 Å². The van der Waals surface area contributed by atoms with Crippen molar-refractivity contribution in [1.82, 2.24) is 9.55 Å². The predicted octanol–water partition coefficient (Wildman–Crippen LogP) is 4.75. The molecule has 3 rings (SSSR count). The van der Waals surface area contributed by atoms with E-state index in [2.05, 4.69) is 4.98 Å². The van der Waals surface area contributed by atoms with Gasteiger partial charge in [-0.3, -0.25) is 14.2 Å². The number of benzene rings is 2. The first kappa shape index (κ1) is 18.7. The van der Waals surface area contributed by atoms with E-state index in [1.54, 1.807) is 36.4 Å². The summed E-state index contributed by atoms with van der Waals surface area (Å²) in [5, 5.41) is 1.54. The van der Waals surface area contributed by atoms with Crippen LogP contribution in [-0.2, 0) is 4.79 Å². The fourth-order valence-electron chi connectivity index (χ4n) is 2.40. The molecule has 4 nitrogen and oxygen atoms in total. The lowest BCUT2D eigenvalue weighted by Gasteiger charge is -2.17. The first-order valence-corrected chi connectivity index (χ1v) is 9.57. The van der Waals surface area contributed by atoms with Gasteiger partial charge in [0.15, 0.2) is 5.16 Å². The highest BCUT2D eigenvalue weighted by Gasteiger charge is 2.22. The Hall–Kier alpha value is -2.11. The third-order valence-electron chi connectivity index (χ3n) is 3.98. The maximum absolute atomic E-state index is 13.1. The number of halogens is 1. The Balaban J connectivity index is 2.15. The van der Waals surface area contributed by atoms with E-state index >= 15 is 0 Å². The van der Waals surface area contributed by atoms with Gasteiger partial charge in [-0.05, 0) is 30.3 Å². The van der Waals surface area contributed by atoms with Crippen molar-refractivity contribution in [2.75, 3.05) is 5.75 Å². The maximum atomic E-state index is 13.1. The van der Waals surface area contributed by atoms with E-state index in [1.165, 1.54) is 16.3 Å². The summed E-state index contributed by atoms with van der Waals surface area (Å²) in [6.45, 7) is 5.65. The fraction of sp³-hybridized carbons (Fsp3) is 0.250. The second-order valence-electron chi connectivity index (χ2n) is 6.99. The van der Waals surface area contributed by atoms with Gasteiger partial charge in [0, 0.05) is 10.4 Å². The van der Waals surface area contributed by atoms with Crippen molar-refractivity contribution in [2.45, 2.75) is 25.9 Å². The molecule has 0 aliphatic carbocycles. The number of thioether (sulfide) groups is 1. The van der Waals surface area contributed by atoms with Crippen LogP contribution >= 0.6 is 23.4 Å². The number of nitrogens with zero attached hydrogens (tertiary/aromatic N) is 2. The largest absolute Gasteiger partial charge is 0.298 e. The molecule has 3 aromatic rings. The van der Waals surface area contributed by atoms with Gasteiger partial charge in [0.25, 0.3) is 5.56 Å². The number of para-hydroxylation sites is 1. The first-order valence-electron chi connectivity index (χ1n) is 8.21. The van der Waals surface area contributed by atoms with E-state index in [0.717, 1.165) is 0 Å². The second kappa shape index (κ2) is 7.25. The molecule has 26 heavy (non-hydrogen) atoms. The van der Waals surface area contributed by atoms with Crippen LogP contribution in [0.1, 0.15) is 20.8 Å². The highest BCUT2D eigenvalue weighted by Crippen LogP contribution is 2.25. The molecule has 0 saturated heterocycles. The molecule has 0 saturated carbocycles. The Bertz CT molecular complexity index is 1040. The third kappa shape index (κ3) is 3.84. The average molecular weight is 387 g/mol. The van der Waals surface area contributed by atoms with Gasteiger partial charge < -0.3 is 0 Å². The minimum Gasteiger partial charge on any atom is -0.298 e. The van der Waals surface area contributed by atoms with Gasteiger partial charge in [0.05, 0.1) is 22.3 Å². The number of aromatic nitrogens is 2. The Labute approximate surface area is 161 Å².